The highest BCUT2D eigenvalue weighted by Gasteiger charge is 2.52. The van der Waals surface area contributed by atoms with Gasteiger partial charge in [0.15, 0.2) is 6.10 Å². The molecule has 0 aromatic carbocycles. The number of allylic oxidation sites excluding steroid dienone is 4. The summed E-state index contributed by atoms with van der Waals surface area (Å²) < 4.78 is 33.1. The normalized spacial score (nSPS) is 32.8. The molecule has 2 fully saturated rings. The van der Waals surface area contributed by atoms with Crippen molar-refractivity contribution in [2.24, 2.45) is 34.5 Å². The monoisotopic (exact) mass is 565 g/mol. The lowest BCUT2D eigenvalue weighted by Crippen LogP contribution is -2.43. The van der Waals surface area contributed by atoms with Gasteiger partial charge in [-0.05, 0) is 69.6 Å². The molecule has 0 aromatic heterocycles. The van der Waals surface area contributed by atoms with Gasteiger partial charge in [0.1, 0.15) is 13.2 Å². The van der Waals surface area contributed by atoms with E-state index in [1.165, 1.54) is 21.3 Å². The number of alkyl carbamates (subject to hydrolysis) is 1. The van der Waals surface area contributed by atoms with E-state index in [2.05, 4.69) is 29.6 Å². The Hall–Kier alpha value is -2.21. The van der Waals surface area contributed by atoms with Gasteiger partial charge in [-0.25, -0.2) is 4.79 Å². The van der Waals surface area contributed by atoms with Crippen LogP contribution in [0.3, 0.4) is 0 Å². The smallest absolute Gasteiger partial charge is 0.461 e. The summed E-state index contributed by atoms with van der Waals surface area (Å²) in [5.74, 6) is 0.485. The Morgan fingerprint density at radius 1 is 0.846 bits per heavy atom. The first-order chi connectivity index (χ1) is 18.6. The number of ether oxygens (including phenoxy) is 3. The van der Waals surface area contributed by atoms with Crippen LogP contribution in [0.25, 0.3) is 0 Å². The zero-order valence-electron chi connectivity index (χ0n) is 23.7. The molecule has 4 aliphatic carbocycles. The Morgan fingerprint density at radius 3 is 1.72 bits per heavy atom. The standard InChI is InChI=1S/C28H43NO9Si/c1-27(15-19-7-9-21(27)13-19)24(30)36-17-23(18-37-25(31)28(2)16-20-8-10-22(28)14-20)38-26(32)29-11-6-12-39(33-3,34-4)35-5/h7-10,19-23H,6,11-18H2,1-5H3,(H,29,32). The number of carbonyl (C=O) groups is 3. The van der Waals surface area contributed by atoms with Gasteiger partial charge in [0.25, 0.3) is 0 Å². The fourth-order valence-electron chi connectivity index (χ4n) is 6.69. The van der Waals surface area contributed by atoms with E-state index in [4.69, 9.17) is 27.5 Å². The molecular formula is C28H43NO9Si. The first kappa shape index (κ1) is 29.8. The maximum Gasteiger partial charge on any atom is 0.500 e. The summed E-state index contributed by atoms with van der Waals surface area (Å²) in [4.78, 5) is 38.7. The highest BCUT2D eigenvalue weighted by molar-refractivity contribution is 6.60. The molecule has 0 saturated heterocycles. The minimum absolute atomic E-state index is 0.156. The van der Waals surface area contributed by atoms with Crippen LogP contribution < -0.4 is 5.32 Å². The molecule has 0 aliphatic heterocycles. The molecule has 10 nitrogen and oxygen atoms in total. The second kappa shape index (κ2) is 12.1. The number of hydrogen-bond acceptors (Lipinski definition) is 9. The average molecular weight is 566 g/mol. The van der Waals surface area contributed by atoms with E-state index in [1.54, 1.807) is 0 Å². The molecule has 1 amide bonds. The lowest BCUT2D eigenvalue weighted by molar-refractivity contribution is -0.165. The number of rotatable bonds is 14. The van der Waals surface area contributed by atoms with Crippen LogP contribution in [0.5, 0.6) is 0 Å². The predicted octanol–water partition coefficient (Wildman–Crippen LogP) is 3.64. The molecule has 4 bridgehead atoms. The number of nitrogens with one attached hydrogen (secondary N) is 1. The maximum atomic E-state index is 13.1. The van der Waals surface area contributed by atoms with E-state index < -0.39 is 31.8 Å². The fraction of sp³-hybridized carbons (Fsp3) is 0.750. The summed E-state index contributed by atoms with van der Waals surface area (Å²) in [5, 5.41) is 2.70. The van der Waals surface area contributed by atoms with Crippen LogP contribution in [0.4, 0.5) is 4.79 Å². The van der Waals surface area contributed by atoms with Crippen molar-refractivity contribution in [1.29, 1.82) is 0 Å². The van der Waals surface area contributed by atoms with Crippen molar-refractivity contribution in [3.8, 4) is 0 Å². The van der Waals surface area contributed by atoms with E-state index in [0.717, 1.165) is 25.7 Å². The molecule has 1 N–H and O–H groups in total. The molecule has 39 heavy (non-hydrogen) atoms. The SMILES string of the molecule is CO[Si](CCCNC(=O)OC(COC(=O)C1(C)CC2C=CC1C2)COC(=O)C1(C)CC2C=CC1C2)(OC)OC. The van der Waals surface area contributed by atoms with Crippen LogP contribution in [0, 0.1) is 34.5 Å². The molecule has 0 heterocycles. The highest BCUT2D eigenvalue weighted by atomic mass is 28.4. The third-order valence-electron chi connectivity index (χ3n) is 9.22. The molecule has 0 spiro atoms. The third-order valence-corrected chi connectivity index (χ3v) is 12.1. The molecule has 2 saturated carbocycles. The second-order valence-corrected chi connectivity index (χ2v) is 14.9. The van der Waals surface area contributed by atoms with Crippen LogP contribution in [0.1, 0.15) is 46.0 Å². The number of carbonyl (C=O) groups excluding carboxylic acids is 3. The lowest BCUT2D eigenvalue weighted by atomic mass is 9.78. The van der Waals surface area contributed by atoms with Gasteiger partial charge < -0.3 is 32.8 Å². The zero-order valence-corrected chi connectivity index (χ0v) is 24.7. The first-order valence-electron chi connectivity index (χ1n) is 13.9. The molecule has 4 rings (SSSR count). The Bertz CT molecular complexity index is 918. The Labute approximate surface area is 232 Å². The Kier molecular flexibility index (Phi) is 9.25. The zero-order chi connectivity index (χ0) is 28.3. The molecule has 218 valence electrons. The van der Waals surface area contributed by atoms with Gasteiger partial charge in [0, 0.05) is 33.9 Å². The van der Waals surface area contributed by atoms with Gasteiger partial charge in [-0.3, -0.25) is 9.59 Å². The van der Waals surface area contributed by atoms with Crippen molar-refractivity contribution < 1.29 is 41.9 Å². The predicted molar refractivity (Wildman–Crippen MR) is 143 cm³/mol. The maximum absolute atomic E-state index is 13.1. The summed E-state index contributed by atoms with van der Waals surface area (Å²) in [5.41, 5.74) is -1.18. The van der Waals surface area contributed by atoms with E-state index >= 15 is 0 Å². The quantitative estimate of drug-likeness (QED) is 0.111. The number of amides is 1. The molecular weight excluding hydrogens is 522 g/mol. The van der Waals surface area contributed by atoms with Crippen LogP contribution in [-0.4, -0.2) is 74.0 Å². The van der Waals surface area contributed by atoms with Gasteiger partial charge >= 0.3 is 26.8 Å². The van der Waals surface area contributed by atoms with E-state index in [9.17, 15) is 14.4 Å². The van der Waals surface area contributed by atoms with Crippen LogP contribution in [-0.2, 0) is 37.1 Å². The molecule has 0 aromatic rings. The van der Waals surface area contributed by atoms with Crippen LogP contribution >= 0.6 is 0 Å². The van der Waals surface area contributed by atoms with Crippen molar-refractivity contribution in [3.63, 3.8) is 0 Å². The van der Waals surface area contributed by atoms with E-state index in [1.807, 2.05) is 13.8 Å². The highest BCUT2D eigenvalue weighted by Crippen LogP contribution is 2.53. The molecule has 4 aliphatic rings. The number of fused-ring (bicyclic) bond motifs is 4. The van der Waals surface area contributed by atoms with Gasteiger partial charge in [0.05, 0.1) is 10.8 Å². The third kappa shape index (κ3) is 6.26. The molecule has 11 heteroatoms. The lowest BCUT2D eigenvalue weighted by Gasteiger charge is -2.31. The van der Waals surface area contributed by atoms with E-state index in [0.29, 0.717) is 30.8 Å². The van der Waals surface area contributed by atoms with Crippen LogP contribution in [0.15, 0.2) is 24.3 Å². The first-order valence-corrected chi connectivity index (χ1v) is 15.8. The number of esters is 2. The summed E-state index contributed by atoms with van der Waals surface area (Å²) >= 11 is 0. The second-order valence-electron chi connectivity index (χ2n) is 11.8. The molecule has 6 atom stereocenters. The van der Waals surface area contributed by atoms with E-state index in [-0.39, 0.29) is 37.0 Å². The van der Waals surface area contributed by atoms with Crippen LogP contribution in [0.2, 0.25) is 6.04 Å². The van der Waals surface area contributed by atoms with Gasteiger partial charge in [-0.15, -0.1) is 0 Å². The Balaban J connectivity index is 1.30. The molecule has 0 radical (unpaired) electrons. The van der Waals surface area contributed by atoms with Gasteiger partial charge in [-0.2, -0.15) is 0 Å². The summed E-state index contributed by atoms with van der Waals surface area (Å²) in [6.45, 7) is 3.78. The van der Waals surface area contributed by atoms with Crippen molar-refractivity contribution >= 4 is 26.8 Å². The summed E-state index contributed by atoms with van der Waals surface area (Å²) in [7, 11) is 1.87. The largest absolute Gasteiger partial charge is 0.500 e. The minimum atomic E-state index is -2.74. The van der Waals surface area contributed by atoms with Crippen molar-refractivity contribution in [1.82, 2.24) is 5.32 Å². The minimum Gasteiger partial charge on any atom is -0.461 e. The van der Waals surface area contributed by atoms with Gasteiger partial charge in [-0.1, -0.05) is 24.3 Å². The topological polar surface area (TPSA) is 119 Å². The average Bonchev–Trinajstić information content (AvgIpc) is 3.72. The molecule has 6 unspecified atom stereocenters. The fourth-order valence-corrected chi connectivity index (χ4v) is 8.41. The van der Waals surface area contributed by atoms with Crippen molar-refractivity contribution in [2.45, 2.75) is 58.1 Å². The number of hydrogen-bond donors (Lipinski definition) is 1. The summed E-state index contributed by atoms with van der Waals surface area (Å²) in [6, 6.07) is 0.514. The Morgan fingerprint density at radius 2 is 1.33 bits per heavy atom. The van der Waals surface area contributed by atoms with Crippen molar-refractivity contribution in [2.75, 3.05) is 41.1 Å². The van der Waals surface area contributed by atoms with Gasteiger partial charge in [0.2, 0.25) is 0 Å². The van der Waals surface area contributed by atoms with Crippen molar-refractivity contribution in [3.05, 3.63) is 24.3 Å². The summed E-state index contributed by atoms with van der Waals surface area (Å²) in [6.07, 6.45) is 10.9.